The van der Waals surface area contributed by atoms with Crippen LogP contribution in [-0.2, 0) is 6.54 Å². The zero-order valence-corrected chi connectivity index (χ0v) is 16.7. The van der Waals surface area contributed by atoms with Crippen molar-refractivity contribution >= 4 is 56.5 Å². The number of carbonyl (C=O) groups is 1. The van der Waals surface area contributed by atoms with Gasteiger partial charge in [0.05, 0.1) is 17.2 Å². The number of benzene rings is 1. The van der Waals surface area contributed by atoms with E-state index < -0.39 is 0 Å². The van der Waals surface area contributed by atoms with Crippen molar-refractivity contribution in [3.63, 3.8) is 0 Å². The number of hydrogen-bond donors (Lipinski definition) is 1. The fourth-order valence-electron chi connectivity index (χ4n) is 2.55. The summed E-state index contributed by atoms with van der Waals surface area (Å²) in [6.45, 7) is 0.433. The summed E-state index contributed by atoms with van der Waals surface area (Å²) in [5.41, 5.74) is 1.69. The molecule has 0 saturated carbocycles. The number of nitrogens with one attached hydrogen (secondary N) is 1. The molecule has 0 aliphatic carbocycles. The topological polar surface area (TPSA) is 77.1 Å². The number of amides is 1. The number of rotatable bonds is 4. The zero-order chi connectivity index (χ0) is 19.0. The van der Waals surface area contributed by atoms with Crippen LogP contribution in [0.2, 0.25) is 10.0 Å². The van der Waals surface area contributed by atoms with Crippen molar-refractivity contribution in [2.24, 2.45) is 0 Å². The molecule has 0 radical (unpaired) electrons. The van der Waals surface area contributed by atoms with E-state index in [0.29, 0.717) is 38.1 Å². The van der Waals surface area contributed by atoms with Gasteiger partial charge in [0.1, 0.15) is 5.56 Å². The molecular formula is C17H11BrCl2N6O. The highest BCUT2D eigenvalue weighted by molar-refractivity contribution is 9.10. The fraction of sp³-hybridized carbons (Fsp3) is 0.0588. The third-order valence-corrected chi connectivity index (χ3v) is 4.99. The second-order valence-corrected chi connectivity index (χ2v) is 7.36. The third kappa shape index (κ3) is 3.69. The van der Waals surface area contributed by atoms with Crippen LogP contribution in [0.15, 0.2) is 53.5 Å². The van der Waals surface area contributed by atoms with E-state index in [-0.39, 0.29) is 5.91 Å². The van der Waals surface area contributed by atoms with Crippen LogP contribution < -0.4 is 5.32 Å². The largest absolute Gasteiger partial charge is 0.304 e. The number of fused-ring (bicyclic) bond motifs is 1. The van der Waals surface area contributed by atoms with Gasteiger partial charge >= 0.3 is 0 Å². The molecule has 0 fully saturated rings. The summed E-state index contributed by atoms with van der Waals surface area (Å²) in [5.74, 6) is 0.0412. The Kier molecular flexibility index (Phi) is 4.86. The minimum absolute atomic E-state index is 0.348. The maximum Gasteiger partial charge on any atom is 0.262 e. The molecule has 4 rings (SSSR count). The maximum atomic E-state index is 12.6. The Bertz CT molecular complexity index is 1160. The Morgan fingerprint density at radius 3 is 2.96 bits per heavy atom. The molecule has 4 aromatic rings. The number of anilines is 1. The van der Waals surface area contributed by atoms with Crippen LogP contribution in [0.4, 0.5) is 5.82 Å². The van der Waals surface area contributed by atoms with Gasteiger partial charge in [0.15, 0.2) is 11.5 Å². The standard InChI is InChI=1S/C17H11BrCl2N6O/c18-13-9-25(8-10-2-3-11(19)6-14(10)20)24-15(13)23-17(27)12-7-22-26-5-1-4-21-16(12)26/h1-7,9H,8H2,(H,23,24,27). The van der Waals surface area contributed by atoms with E-state index in [0.717, 1.165) is 5.56 Å². The summed E-state index contributed by atoms with van der Waals surface area (Å²) in [6, 6.07) is 7.02. The van der Waals surface area contributed by atoms with Crippen molar-refractivity contribution in [3.05, 3.63) is 74.7 Å². The number of aromatic nitrogens is 5. The van der Waals surface area contributed by atoms with Gasteiger partial charge in [-0.15, -0.1) is 0 Å². The lowest BCUT2D eigenvalue weighted by Crippen LogP contribution is -2.13. The van der Waals surface area contributed by atoms with Crippen LogP contribution in [0.3, 0.4) is 0 Å². The second-order valence-electron chi connectivity index (χ2n) is 5.66. The number of carbonyl (C=O) groups excluding carboxylic acids is 1. The van der Waals surface area contributed by atoms with Crippen LogP contribution >= 0.6 is 39.1 Å². The van der Waals surface area contributed by atoms with Crippen LogP contribution in [-0.4, -0.2) is 30.3 Å². The molecule has 0 aliphatic heterocycles. The van der Waals surface area contributed by atoms with Crippen LogP contribution in [0.5, 0.6) is 0 Å². The van der Waals surface area contributed by atoms with Gasteiger partial charge in [0.2, 0.25) is 0 Å². The Hall–Kier alpha value is -2.42. The van der Waals surface area contributed by atoms with E-state index in [4.69, 9.17) is 23.2 Å². The van der Waals surface area contributed by atoms with E-state index >= 15 is 0 Å². The number of hydrogen-bond acceptors (Lipinski definition) is 4. The number of halogens is 3. The van der Waals surface area contributed by atoms with Gasteiger partial charge in [-0.2, -0.15) is 10.2 Å². The van der Waals surface area contributed by atoms with Crippen LogP contribution in [0.25, 0.3) is 5.65 Å². The zero-order valence-electron chi connectivity index (χ0n) is 13.6. The molecule has 136 valence electrons. The molecule has 0 bridgehead atoms. The quantitative estimate of drug-likeness (QED) is 0.487. The summed E-state index contributed by atoms with van der Waals surface area (Å²) in [6.07, 6.45) is 6.55. The Labute approximate surface area is 172 Å². The minimum atomic E-state index is -0.348. The van der Waals surface area contributed by atoms with Gasteiger partial charge in [-0.25, -0.2) is 9.50 Å². The molecule has 10 heteroatoms. The normalized spacial score (nSPS) is 11.1. The van der Waals surface area contributed by atoms with Crippen molar-refractivity contribution in [1.29, 1.82) is 0 Å². The lowest BCUT2D eigenvalue weighted by Gasteiger charge is -2.05. The summed E-state index contributed by atoms with van der Waals surface area (Å²) in [4.78, 5) is 16.8. The summed E-state index contributed by atoms with van der Waals surface area (Å²) >= 11 is 15.5. The summed E-state index contributed by atoms with van der Waals surface area (Å²) < 4.78 is 3.85. The maximum absolute atomic E-state index is 12.6. The smallest absolute Gasteiger partial charge is 0.262 e. The van der Waals surface area contributed by atoms with Crippen molar-refractivity contribution in [2.75, 3.05) is 5.32 Å². The fourth-order valence-corrected chi connectivity index (χ4v) is 3.43. The first-order chi connectivity index (χ1) is 13.0. The van der Waals surface area contributed by atoms with Gasteiger partial charge in [0, 0.05) is 28.6 Å². The van der Waals surface area contributed by atoms with E-state index in [1.807, 2.05) is 6.07 Å². The van der Waals surface area contributed by atoms with Crippen molar-refractivity contribution in [2.45, 2.75) is 6.54 Å². The highest BCUT2D eigenvalue weighted by Gasteiger charge is 2.17. The van der Waals surface area contributed by atoms with Crippen molar-refractivity contribution in [3.8, 4) is 0 Å². The molecule has 1 N–H and O–H groups in total. The Morgan fingerprint density at radius 1 is 1.30 bits per heavy atom. The van der Waals surface area contributed by atoms with E-state index in [1.54, 1.807) is 41.5 Å². The molecule has 27 heavy (non-hydrogen) atoms. The molecule has 3 aromatic heterocycles. The van der Waals surface area contributed by atoms with Gasteiger partial charge in [0.25, 0.3) is 5.91 Å². The van der Waals surface area contributed by atoms with E-state index in [1.165, 1.54) is 10.7 Å². The predicted octanol–water partition coefficient (Wildman–Crippen LogP) is 4.30. The predicted molar refractivity (Wildman–Crippen MR) is 106 cm³/mol. The molecule has 7 nitrogen and oxygen atoms in total. The second kappa shape index (κ2) is 7.30. The summed E-state index contributed by atoms with van der Waals surface area (Å²) in [5, 5.41) is 12.4. The molecule has 1 aromatic carbocycles. The summed E-state index contributed by atoms with van der Waals surface area (Å²) in [7, 11) is 0. The van der Waals surface area contributed by atoms with Crippen LogP contribution in [0, 0.1) is 0 Å². The van der Waals surface area contributed by atoms with Gasteiger partial charge in [-0.3, -0.25) is 9.48 Å². The monoisotopic (exact) mass is 464 g/mol. The Balaban J connectivity index is 1.55. The minimum Gasteiger partial charge on any atom is -0.304 e. The van der Waals surface area contributed by atoms with Crippen molar-refractivity contribution < 1.29 is 4.79 Å². The molecule has 0 saturated heterocycles. The highest BCUT2D eigenvalue weighted by atomic mass is 79.9. The highest BCUT2D eigenvalue weighted by Crippen LogP contribution is 2.25. The lowest BCUT2D eigenvalue weighted by atomic mass is 10.2. The Morgan fingerprint density at radius 2 is 2.15 bits per heavy atom. The van der Waals surface area contributed by atoms with Crippen molar-refractivity contribution in [1.82, 2.24) is 24.4 Å². The van der Waals surface area contributed by atoms with Gasteiger partial charge < -0.3 is 5.32 Å². The molecule has 0 spiro atoms. The molecule has 1 amide bonds. The lowest BCUT2D eigenvalue weighted by molar-refractivity contribution is 0.102. The first-order valence-electron chi connectivity index (χ1n) is 7.78. The molecular weight excluding hydrogens is 455 g/mol. The van der Waals surface area contributed by atoms with Gasteiger partial charge in [-0.05, 0) is 39.7 Å². The van der Waals surface area contributed by atoms with E-state index in [9.17, 15) is 4.79 Å². The first-order valence-corrected chi connectivity index (χ1v) is 9.33. The molecule has 0 atom stereocenters. The average Bonchev–Trinajstić information content (AvgIpc) is 3.21. The molecule has 0 unspecified atom stereocenters. The average molecular weight is 466 g/mol. The van der Waals surface area contributed by atoms with E-state index in [2.05, 4.69) is 36.4 Å². The number of nitrogens with zero attached hydrogens (tertiary/aromatic N) is 5. The molecule has 0 aliphatic rings. The third-order valence-electron chi connectivity index (χ3n) is 3.82. The van der Waals surface area contributed by atoms with Gasteiger partial charge in [-0.1, -0.05) is 29.3 Å². The first kappa shape index (κ1) is 18.0. The SMILES string of the molecule is O=C(Nc1nn(Cc2ccc(Cl)cc2Cl)cc1Br)c1cnn2cccnc12. The van der Waals surface area contributed by atoms with Crippen LogP contribution in [0.1, 0.15) is 15.9 Å². The molecule has 3 heterocycles.